The highest BCUT2D eigenvalue weighted by Crippen LogP contribution is 2.37. The van der Waals surface area contributed by atoms with Crippen molar-refractivity contribution in [2.24, 2.45) is 0 Å². The number of aromatic nitrogens is 2. The summed E-state index contributed by atoms with van der Waals surface area (Å²) in [5.41, 5.74) is 1.75. The van der Waals surface area contributed by atoms with Crippen LogP contribution < -0.4 is 15.5 Å². The Morgan fingerprint density at radius 2 is 1.71 bits per heavy atom. The first-order chi connectivity index (χ1) is 18.3. The summed E-state index contributed by atoms with van der Waals surface area (Å²) >= 11 is 0. The Morgan fingerprint density at radius 1 is 1.05 bits per heavy atom. The molecule has 9 heteroatoms. The van der Waals surface area contributed by atoms with E-state index >= 15 is 0 Å². The lowest BCUT2D eigenvalue weighted by Crippen LogP contribution is -2.58. The highest BCUT2D eigenvalue weighted by atomic mass is 16.3. The molecule has 1 aromatic heterocycles. The van der Waals surface area contributed by atoms with Crippen LogP contribution in [0.25, 0.3) is 11.1 Å². The zero-order chi connectivity index (χ0) is 26.9. The van der Waals surface area contributed by atoms with Crippen LogP contribution in [0.15, 0.2) is 60.9 Å². The number of amides is 2. The minimum Gasteiger partial charge on any atom is -0.374 e. The van der Waals surface area contributed by atoms with Crippen molar-refractivity contribution in [3.8, 4) is 11.1 Å². The predicted molar refractivity (Wildman–Crippen MR) is 147 cm³/mol. The third-order valence-corrected chi connectivity index (χ3v) is 7.39. The van der Waals surface area contributed by atoms with Crippen LogP contribution in [0.1, 0.15) is 37.8 Å². The zero-order valence-electron chi connectivity index (χ0n) is 22.0. The molecule has 2 atom stereocenters. The number of fused-ring (bicyclic) bond motifs is 1. The first-order valence-electron chi connectivity index (χ1n) is 13.1. The fourth-order valence-corrected chi connectivity index (χ4v) is 5.10. The Bertz CT molecular complexity index is 1310. The van der Waals surface area contributed by atoms with E-state index in [4.69, 9.17) is 0 Å². The molecular formula is C29H34N6O3. The molecule has 3 aromatic rings. The Morgan fingerprint density at radius 3 is 2.37 bits per heavy atom. The highest BCUT2D eigenvalue weighted by Gasteiger charge is 2.42. The quantitative estimate of drug-likeness (QED) is 0.445. The fraction of sp³-hybridized carbons (Fsp3) is 0.379. The second-order valence-electron chi connectivity index (χ2n) is 10.3. The lowest BCUT2D eigenvalue weighted by Gasteiger charge is -2.40. The summed E-state index contributed by atoms with van der Waals surface area (Å²) in [6, 6.07) is 17.7. The largest absolute Gasteiger partial charge is 0.374 e. The first-order valence-corrected chi connectivity index (χ1v) is 13.1. The van der Waals surface area contributed by atoms with Gasteiger partial charge in [0, 0.05) is 44.3 Å². The standard InChI is InChI=1S/C29H34N6O3/c1-19(2)30-17-29(38,23-11-9-22(10-12-23)21-7-5-4-6-8-21)28(37)35-15-13-34(14-16-35)26-24-20(3)27(36)33-25(24)31-18-32-26/h4-12,18-20,30,38H,13-17H2,1-3H3,(H,31,32,33,36)/t20?,29-/m0/s1. The summed E-state index contributed by atoms with van der Waals surface area (Å²) in [6.45, 7) is 7.87. The van der Waals surface area contributed by atoms with Gasteiger partial charge in [-0.3, -0.25) is 9.59 Å². The normalized spacial score (nSPS) is 18.8. The number of nitrogens with zero attached hydrogens (tertiary/aromatic N) is 4. The van der Waals surface area contributed by atoms with Crippen LogP contribution in [-0.2, 0) is 15.2 Å². The molecule has 1 fully saturated rings. The average molecular weight is 515 g/mol. The summed E-state index contributed by atoms with van der Waals surface area (Å²) in [5, 5.41) is 17.9. The van der Waals surface area contributed by atoms with Gasteiger partial charge in [0.1, 0.15) is 18.0 Å². The molecule has 0 radical (unpaired) electrons. The van der Waals surface area contributed by atoms with Crippen molar-refractivity contribution in [1.29, 1.82) is 0 Å². The third-order valence-electron chi connectivity index (χ3n) is 7.39. The van der Waals surface area contributed by atoms with Crippen LogP contribution in [0.5, 0.6) is 0 Å². The molecule has 5 rings (SSSR count). The summed E-state index contributed by atoms with van der Waals surface area (Å²) in [4.78, 5) is 38.5. The molecule has 2 aromatic carbocycles. The number of nitrogens with one attached hydrogen (secondary N) is 2. The van der Waals surface area contributed by atoms with Crippen LogP contribution in [0, 0.1) is 0 Å². The lowest BCUT2D eigenvalue weighted by atomic mass is 9.90. The predicted octanol–water partition coefficient (Wildman–Crippen LogP) is 2.73. The molecule has 1 saturated heterocycles. The molecular weight excluding hydrogens is 480 g/mol. The smallest absolute Gasteiger partial charge is 0.260 e. The number of piperazine rings is 1. The van der Waals surface area contributed by atoms with E-state index in [1.807, 2.05) is 75.4 Å². The minimum atomic E-state index is -1.71. The Kier molecular flexibility index (Phi) is 7.14. The Balaban J connectivity index is 1.34. The maximum atomic E-state index is 13.9. The maximum absolute atomic E-state index is 13.9. The van der Waals surface area contributed by atoms with E-state index in [9.17, 15) is 14.7 Å². The van der Waals surface area contributed by atoms with Gasteiger partial charge in [0.15, 0.2) is 5.60 Å². The van der Waals surface area contributed by atoms with Crippen LogP contribution in [0.2, 0.25) is 0 Å². The Hall–Kier alpha value is -3.82. The van der Waals surface area contributed by atoms with Crippen molar-refractivity contribution in [3.63, 3.8) is 0 Å². The van der Waals surface area contributed by atoms with Gasteiger partial charge in [0.25, 0.3) is 5.91 Å². The summed E-state index contributed by atoms with van der Waals surface area (Å²) in [5.74, 6) is 0.541. The molecule has 198 valence electrons. The van der Waals surface area contributed by atoms with E-state index < -0.39 is 5.60 Å². The molecule has 9 nitrogen and oxygen atoms in total. The van der Waals surface area contributed by atoms with Crippen molar-refractivity contribution in [2.75, 3.05) is 42.9 Å². The van der Waals surface area contributed by atoms with Crippen molar-refractivity contribution < 1.29 is 14.7 Å². The number of benzene rings is 2. The summed E-state index contributed by atoms with van der Waals surface area (Å²) in [6.07, 6.45) is 1.46. The second kappa shape index (κ2) is 10.5. The molecule has 3 heterocycles. The zero-order valence-corrected chi connectivity index (χ0v) is 22.0. The van der Waals surface area contributed by atoms with Gasteiger partial charge in [0.05, 0.1) is 5.92 Å². The maximum Gasteiger partial charge on any atom is 0.260 e. The summed E-state index contributed by atoms with van der Waals surface area (Å²) < 4.78 is 0. The molecule has 3 N–H and O–H groups in total. The SMILES string of the molecule is CC(C)NC[C@@](O)(C(=O)N1CCN(c2ncnc3c2C(C)C(=O)N3)CC1)c1ccc(-c2ccccc2)cc1. The van der Waals surface area contributed by atoms with E-state index in [1.165, 1.54) is 6.33 Å². The number of hydrogen-bond acceptors (Lipinski definition) is 7. The monoisotopic (exact) mass is 514 g/mol. The van der Waals surface area contributed by atoms with Crippen molar-refractivity contribution >= 4 is 23.5 Å². The molecule has 0 spiro atoms. The van der Waals surface area contributed by atoms with Crippen molar-refractivity contribution in [1.82, 2.24) is 20.2 Å². The van der Waals surface area contributed by atoms with Gasteiger partial charge in [-0.15, -0.1) is 0 Å². The molecule has 0 aliphatic carbocycles. The van der Waals surface area contributed by atoms with Gasteiger partial charge in [0.2, 0.25) is 5.91 Å². The molecule has 38 heavy (non-hydrogen) atoms. The molecule has 0 saturated carbocycles. The van der Waals surface area contributed by atoms with Crippen LogP contribution in [-0.4, -0.2) is 70.6 Å². The van der Waals surface area contributed by atoms with Crippen LogP contribution in [0.3, 0.4) is 0 Å². The van der Waals surface area contributed by atoms with Crippen LogP contribution in [0.4, 0.5) is 11.6 Å². The highest BCUT2D eigenvalue weighted by molar-refractivity contribution is 6.03. The number of anilines is 2. The first kappa shape index (κ1) is 25.8. The number of carbonyl (C=O) groups is 2. The number of hydrogen-bond donors (Lipinski definition) is 3. The van der Waals surface area contributed by atoms with E-state index in [2.05, 4.69) is 25.5 Å². The molecule has 1 unspecified atom stereocenters. The van der Waals surface area contributed by atoms with Crippen LogP contribution >= 0.6 is 0 Å². The Labute approximate surface area is 222 Å². The second-order valence-corrected chi connectivity index (χ2v) is 10.3. The van der Waals surface area contributed by atoms with Crippen molar-refractivity contribution in [3.05, 3.63) is 72.1 Å². The number of aliphatic hydroxyl groups is 1. The summed E-state index contributed by atoms with van der Waals surface area (Å²) in [7, 11) is 0. The van der Waals surface area contributed by atoms with E-state index in [0.29, 0.717) is 37.6 Å². The molecule has 2 aliphatic rings. The molecule has 2 amide bonds. The number of rotatable bonds is 7. The van der Waals surface area contributed by atoms with Gasteiger partial charge >= 0.3 is 0 Å². The number of carbonyl (C=O) groups excluding carboxylic acids is 2. The average Bonchev–Trinajstić information content (AvgIpc) is 3.25. The van der Waals surface area contributed by atoms with Gasteiger partial charge < -0.3 is 25.5 Å². The van der Waals surface area contributed by atoms with Crippen molar-refractivity contribution in [2.45, 2.75) is 38.3 Å². The van der Waals surface area contributed by atoms with E-state index in [0.717, 1.165) is 22.5 Å². The molecule has 0 bridgehead atoms. The van der Waals surface area contributed by atoms with E-state index in [1.54, 1.807) is 4.90 Å². The molecule has 2 aliphatic heterocycles. The fourth-order valence-electron chi connectivity index (χ4n) is 5.10. The van der Waals surface area contributed by atoms with Gasteiger partial charge in [-0.05, 0) is 23.6 Å². The lowest BCUT2D eigenvalue weighted by molar-refractivity contribution is -0.152. The topological polar surface area (TPSA) is 111 Å². The van der Waals surface area contributed by atoms with E-state index in [-0.39, 0.29) is 30.3 Å². The van der Waals surface area contributed by atoms with Gasteiger partial charge in [-0.2, -0.15) is 0 Å². The van der Waals surface area contributed by atoms with Gasteiger partial charge in [-0.25, -0.2) is 9.97 Å². The van der Waals surface area contributed by atoms with Gasteiger partial charge in [-0.1, -0.05) is 68.4 Å². The minimum absolute atomic E-state index is 0.0865. The third kappa shape index (κ3) is 4.87.